The molecule has 2 aliphatic carbocycles. The lowest BCUT2D eigenvalue weighted by atomic mass is 9.95. The zero-order valence-corrected chi connectivity index (χ0v) is 10.3. The third-order valence-electron chi connectivity index (χ3n) is 4.44. The molecule has 0 amide bonds. The van der Waals surface area contributed by atoms with E-state index in [9.17, 15) is 9.90 Å². The van der Waals surface area contributed by atoms with Crippen LogP contribution in [-0.4, -0.2) is 11.1 Å². The number of benzene rings is 1. The Morgan fingerprint density at radius 1 is 1.24 bits per heavy atom. The molecule has 17 heavy (non-hydrogen) atoms. The van der Waals surface area contributed by atoms with Crippen molar-refractivity contribution in [2.75, 3.05) is 0 Å². The van der Waals surface area contributed by atoms with E-state index in [1.165, 1.54) is 24.0 Å². The number of aliphatic carboxylic acids is 1. The van der Waals surface area contributed by atoms with Crippen LogP contribution >= 0.6 is 0 Å². The molecule has 2 fully saturated rings. The van der Waals surface area contributed by atoms with Crippen molar-refractivity contribution >= 4 is 5.97 Å². The average molecular weight is 230 g/mol. The minimum Gasteiger partial charge on any atom is -0.481 e. The van der Waals surface area contributed by atoms with Gasteiger partial charge in [0.05, 0.1) is 5.92 Å². The minimum absolute atomic E-state index is 0.0865. The summed E-state index contributed by atoms with van der Waals surface area (Å²) in [5, 5.41) is 9.27. The minimum atomic E-state index is -0.648. The van der Waals surface area contributed by atoms with E-state index in [1.807, 2.05) is 6.07 Å². The van der Waals surface area contributed by atoms with Crippen molar-refractivity contribution in [1.82, 2.24) is 0 Å². The molecule has 0 aliphatic heterocycles. The number of hydrogen-bond acceptors (Lipinski definition) is 1. The second-order valence-electron chi connectivity index (χ2n) is 6.02. The summed E-state index contributed by atoms with van der Waals surface area (Å²) in [6, 6.07) is 8.42. The van der Waals surface area contributed by atoms with E-state index in [-0.39, 0.29) is 17.3 Å². The Morgan fingerprint density at radius 2 is 1.82 bits per heavy atom. The summed E-state index contributed by atoms with van der Waals surface area (Å²) >= 11 is 0. The molecule has 0 heterocycles. The van der Waals surface area contributed by atoms with E-state index in [2.05, 4.69) is 32.0 Å². The molecule has 0 spiro atoms. The van der Waals surface area contributed by atoms with Crippen molar-refractivity contribution in [2.24, 2.45) is 11.3 Å². The van der Waals surface area contributed by atoms with Crippen LogP contribution in [-0.2, 0) is 4.79 Å². The van der Waals surface area contributed by atoms with Crippen LogP contribution in [0, 0.1) is 11.3 Å². The molecule has 2 nitrogen and oxygen atoms in total. The first-order valence-corrected chi connectivity index (χ1v) is 6.35. The van der Waals surface area contributed by atoms with Crippen LogP contribution in [0.4, 0.5) is 0 Å². The van der Waals surface area contributed by atoms with Crippen LogP contribution in [0.15, 0.2) is 24.3 Å². The molecule has 1 aromatic carbocycles. The smallest absolute Gasteiger partial charge is 0.307 e. The predicted molar refractivity (Wildman–Crippen MR) is 66.1 cm³/mol. The van der Waals surface area contributed by atoms with Gasteiger partial charge in [0.1, 0.15) is 0 Å². The van der Waals surface area contributed by atoms with Crippen molar-refractivity contribution in [1.29, 1.82) is 0 Å². The van der Waals surface area contributed by atoms with E-state index in [1.54, 1.807) is 0 Å². The van der Waals surface area contributed by atoms with Crippen molar-refractivity contribution < 1.29 is 9.90 Å². The first kappa shape index (κ1) is 10.8. The van der Waals surface area contributed by atoms with E-state index in [0.717, 1.165) is 0 Å². The SMILES string of the molecule is CC1(C)C(C(=O)O)C1c1ccccc1C1CC1. The molecule has 0 saturated heterocycles. The second-order valence-corrected chi connectivity index (χ2v) is 6.02. The van der Waals surface area contributed by atoms with Crippen LogP contribution in [0.1, 0.15) is 49.7 Å². The normalized spacial score (nSPS) is 30.0. The Morgan fingerprint density at radius 3 is 2.29 bits per heavy atom. The van der Waals surface area contributed by atoms with Gasteiger partial charge in [0.15, 0.2) is 0 Å². The summed E-state index contributed by atoms with van der Waals surface area (Å²) in [5.41, 5.74) is 2.60. The quantitative estimate of drug-likeness (QED) is 0.864. The summed E-state index contributed by atoms with van der Waals surface area (Å²) in [6.45, 7) is 4.14. The molecule has 2 saturated carbocycles. The average Bonchev–Trinajstić information content (AvgIpc) is 3.13. The summed E-state index contributed by atoms with van der Waals surface area (Å²) in [5.74, 6) is 0.0434. The molecule has 2 unspecified atom stereocenters. The van der Waals surface area contributed by atoms with Crippen molar-refractivity contribution in [3.05, 3.63) is 35.4 Å². The highest BCUT2D eigenvalue weighted by atomic mass is 16.4. The van der Waals surface area contributed by atoms with Crippen LogP contribution in [0.3, 0.4) is 0 Å². The van der Waals surface area contributed by atoms with Gasteiger partial charge in [-0.2, -0.15) is 0 Å². The number of carboxylic acid groups (broad SMARTS) is 1. The molecule has 2 aliphatic rings. The third-order valence-corrected chi connectivity index (χ3v) is 4.44. The number of hydrogen-bond donors (Lipinski definition) is 1. The molecule has 1 aromatic rings. The Kier molecular flexibility index (Phi) is 2.13. The van der Waals surface area contributed by atoms with E-state index in [0.29, 0.717) is 5.92 Å². The van der Waals surface area contributed by atoms with E-state index in [4.69, 9.17) is 0 Å². The Bertz CT molecular complexity index is 472. The lowest BCUT2D eigenvalue weighted by Crippen LogP contribution is -2.03. The number of carbonyl (C=O) groups is 1. The maximum Gasteiger partial charge on any atom is 0.307 e. The lowest BCUT2D eigenvalue weighted by Gasteiger charge is -2.09. The van der Waals surface area contributed by atoms with Gasteiger partial charge in [-0.05, 0) is 35.3 Å². The molecule has 90 valence electrons. The Labute approximate surface area is 102 Å². The molecular weight excluding hydrogens is 212 g/mol. The zero-order chi connectivity index (χ0) is 12.2. The molecule has 1 N–H and O–H groups in total. The van der Waals surface area contributed by atoms with Gasteiger partial charge in [0.2, 0.25) is 0 Å². The Balaban J connectivity index is 1.98. The van der Waals surface area contributed by atoms with Crippen LogP contribution in [0.2, 0.25) is 0 Å². The largest absolute Gasteiger partial charge is 0.481 e. The first-order valence-electron chi connectivity index (χ1n) is 6.35. The maximum absolute atomic E-state index is 11.3. The van der Waals surface area contributed by atoms with Gasteiger partial charge in [-0.25, -0.2) is 0 Å². The van der Waals surface area contributed by atoms with Gasteiger partial charge in [0, 0.05) is 5.92 Å². The van der Waals surface area contributed by atoms with Crippen molar-refractivity contribution in [3.63, 3.8) is 0 Å². The molecule has 2 atom stereocenters. The standard InChI is InChI=1S/C15H18O2/c1-15(2)12(13(15)14(16)17)11-6-4-3-5-10(11)9-7-8-9/h3-6,9,12-13H,7-8H2,1-2H3,(H,16,17). The number of carboxylic acids is 1. The fourth-order valence-corrected chi connectivity index (χ4v) is 3.24. The maximum atomic E-state index is 11.3. The highest BCUT2D eigenvalue weighted by molar-refractivity contribution is 5.78. The van der Waals surface area contributed by atoms with Crippen LogP contribution < -0.4 is 0 Å². The predicted octanol–water partition coefficient (Wildman–Crippen LogP) is 3.39. The highest BCUT2D eigenvalue weighted by Crippen LogP contribution is 2.66. The van der Waals surface area contributed by atoms with Crippen LogP contribution in [0.5, 0.6) is 0 Å². The Hall–Kier alpha value is -1.31. The van der Waals surface area contributed by atoms with E-state index >= 15 is 0 Å². The van der Waals surface area contributed by atoms with Gasteiger partial charge in [-0.3, -0.25) is 4.79 Å². The van der Waals surface area contributed by atoms with Gasteiger partial charge in [0.25, 0.3) is 0 Å². The molecular formula is C15H18O2. The van der Waals surface area contributed by atoms with Crippen molar-refractivity contribution in [2.45, 2.75) is 38.5 Å². The second kappa shape index (κ2) is 3.34. The monoisotopic (exact) mass is 230 g/mol. The van der Waals surface area contributed by atoms with Gasteiger partial charge < -0.3 is 5.11 Å². The summed E-state index contributed by atoms with van der Waals surface area (Å²) in [4.78, 5) is 11.3. The molecule has 3 rings (SSSR count). The van der Waals surface area contributed by atoms with Crippen molar-refractivity contribution in [3.8, 4) is 0 Å². The summed E-state index contributed by atoms with van der Waals surface area (Å²) in [7, 11) is 0. The summed E-state index contributed by atoms with van der Waals surface area (Å²) < 4.78 is 0. The fraction of sp³-hybridized carbons (Fsp3) is 0.533. The third kappa shape index (κ3) is 1.58. The van der Waals surface area contributed by atoms with Gasteiger partial charge in [-0.15, -0.1) is 0 Å². The highest BCUT2D eigenvalue weighted by Gasteiger charge is 2.63. The molecule has 0 bridgehead atoms. The number of rotatable bonds is 3. The molecule has 0 aromatic heterocycles. The van der Waals surface area contributed by atoms with E-state index < -0.39 is 5.97 Å². The fourth-order valence-electron chi connectivity index (χ4n) is 3.24. The van der Waals surface area contributed by atoms with Crippen LogP contribution in [0.25, 0.3) is 0 Å². The van der Waals surface area contributed by atoms with Gasteiger partial charge in [-0.1, -0.05) is 38.1 Å². The topological polar surface area (TPSA) is 37.3 Å². The molecule has 0 radical (unpaired) electrons. The summed E-state index contributed by atoms with van der Waals surface area (Å²) in [6.07, 6.45) is 2.53. The first-order chi connectivity index (χ1) is 8.03. The zero-order valence-electron chi connectivity index (χ0n) is 10.3. The lowest BCUT2D eigenvalue weighted by molar-refractivity contribution is -0.139. The van der Waals surface area contributed by atoms with Gasteiger partial charge >= 0.3 is 5.97 Å². The molecule has 2 heteroatoms.